The van der Waals surface area contributed by atoms with Crippen LogP contribution in [0.4, 0.5) is 11.8 Å². The van der Waals surface area contributed by atoms with Crippen molar-refractivity contribution in [1.82, 2.24) is 14.9 Å². The Hall–Kier alpha value is -0.880. The lowest BCUT2D eigenvalue weighted by atomic mass is 10.2. The molecule has 0 spiro atoms. The summed E-state index contributed by atoms with van der Waals surface area (Å²) in [4.78, 5) is 13.2. The number of halogens is 1. The average molecular weight is 314 g/mol. The number of anilines is 2. The van der Waals surface area contributed by atoms with E-state index in [2.05, 4.69) is 42.6 Å². The van der Waals surface area contributed by atoms with Crippen molar-refractivity contribution in [1.29, 1.82) is 0 Å². The van der Waals surface area contributed by atoms with Crippen LogP contribution in [0.5, 0.6) is 0 Å². The number of aromatic nitrogens is 2. The highest BCUT2D eigenvalue weighted by Gasteiger charge is 2.24. The fourth-order valence-electron chi connectivity index (χ4n) is 2.51. The van der Waals surface area contributed by atoms with E-state index in [0.29, 0.717) is 17.8 Å². The van der Waals surface area contributed by atoms with E-state index in [0.717, 1.165) is 17.7 Å². The van der Waals surface area contributed by atoms with Gasteiger partial charge in [0, 0.05) is 25.7 Å². The lowest BCUT2D eigenvalue weighted by molar-refractivity contribution is 0.270. The Balaban J connectivity index is 2.04. The van der Waals surface area contributed by atoms with Gasteiger partial charge in [0.2, 0.25) is 5.95 Å². The zero-order chi connectivity index (χ0) is 13.1. The van der Waals surface area contributed by atoms with Gasteiger partial charge in [-0.1, -0.05) is 6.92 Å². The summed E-state index contributed by atoms with van der Waals surface area (Å²) in [7, 11) is 2.02. The number of likely N-dealkylation sites (tertiary alicyclic amines) is 1. The Morgan fingerprint density at radius 3 is 3.00 bits per heavy atom. The van der Waals surface area contributed by atoms with Crippen molar-refractivity contribution < 1.29 is 0 Å². The minimum Gasteiger partial charge on any atom is -0.383 e. The van der Waals surface area contributed by atoms with E-state index >= 15 is 0 Å². The molecule has 2 N–H and O–H groups in total. The molecule has 1 aliphatic rings. The molecule has 0 amide bonds. The molecule has 1 unspecified atom stereocenters. The van der Waals surface area contributed by atoms with Gasteiger partial charge in [0.05, 0.1) is 0 Å². The molecule has 5 nitrogen and oxygen atoms in total. The van der Waals surface area contributed by atoms with Gasteiger partial charge in [0.15, 0.2) is 0 Å². The van der Waals surface area contributed by atoms with Crippen LogP contribution in [0.15, 0.2) is 10.7 Å². The van der Waals surface area contributed by atoms with E-state index in [1.807, 2.05) is 7.05 Å². The van der Waals surface area contributed by atoms with E-state index in [4.69, 9.17) is 5.73 Å². The summed E-state index contributed by atoms with van der Waals surface area (Å²) in [6.07, 6.45) is 2.54. The number of hydrogen-bond donors (Lipinski definition) is 1. The van der Waals surface area contributed by atoms with Crippen molar-refractivity contribution in [2.24, 2.45) is 0 Å². The van der Waals surface area contributed by atoms with Crippen molar-refractivity contribution in [3.05, 3.63) is 10.7 Å². The number of nitrogens with two attached hydrogens (primary N) is 1. The maximum absolute atomic E-state index is 5.74. The predicted molar refractivity (Wildman–Crippen MR) is 77.7 cm³/mol. The first-order valence-corrected chi connectivity index (χ1v) is 7.14. The first-order valence-electron chi connectivity index (χ1n) is 6.35. The molecule has 2 heterocycles. The van der Waals surface area contributed by atoms with Crippen LogP contribution >= 0.6 is 15.9 Å². The van der Waals surface area contributed by atoms with Crippen LogP contribution in [0.25, 0.3) is 0 Å². The zero-order valence-electron chi connectivity index (χ0n) is 10.9. The molecule has 2 rings (SSSR count). The molecule has 1 aliphatic heterocycles. The molecule has 1 aromatic heterocycles. The van der Waals surface area contributed by atoms with Gasteiger partial charge in [-0.15, -0.1) is 0 Å². The van der Waals surface area contributed by atoms with E-state index in [-0.39, 0.29) is 0 Å². The lowest BCUT2D eigenvalue weighted by Crippen LogP contribution is -2.39. The van der Waals surface area contributed by atoms with E-state index < -0.39 is 0 Å². The average Bonchev–Trinajstić information content (AvgIpc) is 2.75. The second kappa shape index (κ2) is 5.84. The molecule has 0 aromatic carbocycles. The standard InChI is InChI=1S/C12H20BrN5/c1-3-18-6-4-5-9(18)8-17(2)12-15-10(13)7-11(14)16-12/h7,9H,3-6,8H2,1-2H3,(H2,14,15,16). The molecule has 0 bridgehead atoms. The van der Waals surface area contributed by atoms with Gasteiger partial charge >= 0.3 is 0 Å². The summed E-state index contributed by atoms with van der Waals surface area (Å²) >= 11 is 3.35. The Morgan fingerprint density at radius 2 is 2.33 bits per heavy atom. The molecule has 1 atom stereocenters. The third kappa shape index (κ3) is 3.11. The molecular weight excluding hydrogens is 294 g/mol. The van der Waals surface area contributed by atoms with Crippen molar-refractivity contribution in [2.75, 3.05) is 37.3 Å². The topological polar surface area (TPSA) is 58.3 Å². The van der Waals surface area contributed by atoms with Gasteiger partial charge in [-0.25, -0.2) is 4.98 Å². The van der Waals surface area contributed by atoms with Crippen LogP contribution in [-0.2, 0) is 0 Å². The van der Waals surface area contributed by atoms with Crippen LogP contribution in [-0.4, -0.2) is 47.6 Å². The molecule has 1 fully saturated rings. The normalized spacial score (nSPS) is 20.3. The van der Waals surface area contributed by atoms with Gasteiger partial charge < -0.3 is 10.6 Å². The highest BCUT2D eigenvalue weighted by Crippen LogP contribution is 2.20. The van der Waals surface area contributed by atoms with Gasteiger partial charge in [0.1, 0.15) is 10.4 Å². The number of nitrogen functional groups attached to an aromatic ring is 1. The summed E-state index contributed by atoms with van der Waals surface area (Å²) in [6.45, 7) is 5.48. The molecular formula is C12H20BrN5. The van der Waals surface area contributed by atoms with Crippen molar-refractivity contribution >= 4 is 27.7 Å². The minimum absolute atomic E-state index is 0.498. The third-order valence-electron chi connectivity index (χ3n) is 3.43. The lowest BCUT2D eigenvalue weighted by Gasteiger charge is -2.27. The Bertz CT molecular complexity index is 391. The number of nitrogens with zero attached hydrogens (tertiary/aromatic N) is 4. The number of hydrogen-bond acceptors (Lipinski definition) is 5. The van der Waals surface area contributed by atoms with Gasteiger partial charge in [0.25, 0.3) is 0 Å². The van der Waals surface area contributed by atoms with E-state index in [1.54, 1.807) is 6.07 Å². The summed E-state index contributed by atoms with van der Waals surface area (Å²) < 4.78 is 0.732. The van der Waals surface area contributed by atoms with Gasteiger partial charge in [-0.2, -0.15) is 4.98 Å². The zero-order valence-corrected chi connectivity index (χ0v) is 12.5. The Labute approximate surface area is 117 Å². The molecule has 0 saturated carbocycles. The first-order chi connectivity index (χ1) is 8.60. The van der Waals surface area contributed by atoms with Crippen molar-refractivity contribution in [2.45, 2.75) is 25.8 Å². The quantitative estimate of drug-likeness (QED) is 0.858. The molecule has 100 valence electrons. The minimum atomic E-state index is 0.498. The van der Waals surface area contributed by atoms with E-state index in [1.165, 1.54) is 19.4 Å². The summed E-state index contributed by atoms with van der Waals surface area (Å²) in [5, 5.41) is 0. The summed E-state index contributed by atoms with van der Waals surface area (Å²) in [5.41, 5.74) is 5.74. The third-order valence-corrected chi connectivity index (χ3v) is 3.84. The molecule has 6 heteroatoms. The predicted octanol–water partition coefficient (Wildman–Crippen LogP) is 1.74. The van der Waals surface area contributed by atoms with E-state index in [9.17, 15) is 0 Å². The summed E-state index contributed by atoms with van der Waals surface area (Å²) in [5.74, 6) is 1.18. The SMILES string of the molecule is CCN1CCCC1CN(C)c1nc(N)cc(Br)n1. The smallest absolute Gasteiger partial charge is 0.228 e. The second-order valence-electron chi connectivity index (χ2n) is 4.72. The molecule has 0 radical (unpaired) electrons. The Kier molecular flexibility index (Phi) is 4.40. The van der Waals surface area contributed by atoms with Crippen LogP contribution in [0.2, 0.25) is 0 Å². The Morgan fingerprint density at radius 1 is 1.56 bits per heavy atom. The van der Waals surface area contributed by atoms with Gasteiger partial charge in [-0.05, 0) is 41.9 Å². The van der Waals surface area contributed by atoms with Crippen LogP contribution in [0, 0.1) is 0 Å². The highest BCUT2D eigenvalue weighted by atomic mass is 79.9. The second-order valence-corrected chi connectivity index (χ2v) is 5.53. The maximum atomic E-state index is 5.74. The molecule has 1 aromatic rings. The van der Waals surface area contributed by atoms with Gasteiger partial charge in [-0.3, -0.25) is 4.90 Å². The fourth-order valence-corrected chi connectivity index (χ4v) is 2.90. The maximum Gasteiger partial charge on any atom is 0.228 e. The fraction of sp³-hybridized carbons (Fsp3) is 0.667. The first kappa shape index (κ1) is 13.5. The largest absolute Gasteiger partial charge is 0.383 e. The number of likely N-dealkylation sites (N-methyl/N-ethyl adjacent to an activating group) is 2. The molecule has 18 heavy (non-hydrogen) atoms. The van der Waals surface area contributed by atoms with Crippen LogP contribution < -0.4 is 10.6 Å². The van der Waals surface area contributed by atoms with Crippen LogP contribution in [0.1, 0.15) is 19.8 Å². The molecule has 0 aliphatic carbocycles. The van der Waals surface area contributed by atoms with Crippen LogP contribution in [0.3, 0.4) is 0 Å². The highest BCUT2D eigenvalue weighted by molar-refractivity contribution is 9.10. The number of rotatable bonds is 4. The summed E-state index contributed by atoms with van der Waals surface area (Å²) in [6, 6.07) is 2.31. The van der Waals surface area contributed by atoms with Crippen molar-refractivity contribution in [3.8, 4) is 0 Å². The van der Waals surface area contributed by atoms with Crippen molar-refractivity contribution in [3.63, 3.8) is 0 Å². The monoisotopic (exact) mass is 313 g/mol. The molecule has 1 saturated heterocycles.